The maximum Gasteiger partial charge on any atom is 0.488 e. The fraction of sp³-hybridized carbons (Fsp3) is 0.200. The lowest BCUT2D eigenvalue weighted by Crippen LogP contribution is -2.29. The van der Waals surface area contributed by atoms with Crippen molar-refractivity contribution in [1.82, 2.24) is 0 Å². The standard InChI is InChI=1S/C15H18BNO2/c1-12-3-9-15(10-4-12)17(2)11-13-5-7-14(8-6-13)16(18)19/h3-10,18-19H,11H2,1-2H3. The normalized spacial score (nSPS) is 10.3. The Labute approximate surface area is 114 Å². The molecule has 2 aromatic rings. The molecule has 0 aliphatic heterocycles. The van der Waals surface area contributed by atoms with Gasteiger partial charge in [0.05, 0.1) is 0 Å². The van der Waals surface area contributed by atoms with E-state index >= 15 is 0 Å². The minimum Gasteiger partial charge on any atom is -0.423 e. The van der Waals surface area contributed by atoms with Crippen LogP contribution in [-0.2, 0) is 6.54 Å². The molecule has 98 valence electrons. The number of rotatable bonds is 4. The molecule has 0 atom stereocenters. The molecule has 2 aromatic carbocycles. The van der Waals surface area contributed by atoms with Crippen LogP contribution >= 0.6 is 0 Å². The van der Waals surface area contributed by atoms with Gasteiger partial charge in [0, 0.05) is 19.3 Å². The van der Waals surface area contributed by atoms with Gasteiger partial charge in [-0.2, -0.15) is 0 Å². The Morgan fingerprint density at radius 1 is 0.947 bits per heavy atom. The molecule has 0 saturated heterocycles. The molecule has 0 amide bonds. The fourth-order valence-corrected chi connectivity index (χ4v) is 1.96. The van der Waals surface area contributed by atoms with E-state index in [-0.39, 0.29) is 0 Å². The van der Waals surface area contributed by atoms with Crippen LogP contribution in [0.5, 0.6) is 0 Å². The second-order valence-electron chi connectivity index (χ2n) is 4.81. The highest BCUT2D eigenvalue weighted by atomic mass is 16.4. The van der Waals surface area contributed by atoms with Gasteiger partial charge in [0.25, 0.3) is 0 Å². The summed E-state index contributed by atoms with van der Waals surface area (Å²) in [5.74, 6) is 0. The third-order valence-electron chi connectivity index (χ3n) is 3.17. The largest absolute Gasteiger partial charge is 0.488 e. The first-order valence-corrected chi connectivity index (χ1v) is 6.29. The number of hydrogen-bond acceptors (Lipinski definition) is 3. The van der Waals surface area contributed by atoms with Gasteiger partial charge >= 0.3 is 7.12 Å². The highest BCUT2D eigenvalue weighted by Gasteiger charge is 2.10. The lowest BCUT2D eigenvalue weighted by Gasteiger charge is -2.19. The predicted octanol–water partition coefficient (Wildman–Crippen LogP) is 1.31. The Balaban J connectivity index is 2.06. The van der Waals surface area contributed by atoms with Crippen molar-refractivity contribution in [3.8, 4) is 0 Å². The van der Waals surface area contributed by atoms with Crippen LogP contribution in [0.2, 0.25) is 0 Å². The van der Waals surface area contributed by atoms with Gasteiger partial charge in [-0.1, -0.05) is 42.0 Å². The van der Waals surface area contributed by atoms with Gasteiger partial charge in [0.15, 0.2) is 0 Å². The maximum atomic E-state index is 9.05. The average molecular weight is 255 g/mol. The number of hydrogen-bond donors (Lipinski definition) is 2. The molecule has 0 aliphatic carbocycles. The quantitative estimate of drug-likeness (QED) is 0.809. The molecule has 0 spiro atoms. The van der Waals surface area contributed by atoms with Crippen molar-refractivity contribution in [2.75, 3.05) is 11.9 Å². The van der Waals surface area contributed by atoms with Crippen molar-refractivity contribution in [2.24, 2.45) is 0 Å². The summed E-state index contributed by atoms with van der Waals surface area (Å²) in [6.45, 7) is 2.85. The summed E-state index contributed by atoms with van der Waals surface area (Å²) in [5.41, 5.74) is 4.06. The van der Waals surface area contributed by atoms with Crippen molar-refractivity contribution in [3.05, 3.63) is 59.7 Å². The lowest BCUT2D eigenvalue weighted by molar-refractivity contribution is 0.426. The molecule has 0 fully saturated rings. The third-order valence-corrected chi connectivity index (χ3v) is 3.17. The lowest BCUT2D eigenvalue weighted by atomic mass is 9.80. The van der Waals surface area contributed by atoms with E-state index in [1.54, 1.807) is 12.1 Å². The van der Waals surface area contributed by atoms with E-state index in [2.05, 4.69) is 36.1 Å². The van der Waals surface area contributed by atoms with Crippen LogP contribution in [0.3, 0.4) is 0 Å². The van der Waals surface area contributed by atoms with Crippen molar-refractivity contribution in [2.45, 2.75) is 13.5 Å². The van der Waals surface area contributed by atoms with Crippen LogP contribution < -0.4 is 10.4 Å². The Hall–Kier alpha value is -1.78. The molecule has 0 bridgehead atoms. The molecule has 0 unspecified atom stereocenters. The molecule has 2 rings (SSSR count). The number of anilines is 1. The molecule has 0 heterocycles. The first-order valence-electron chi connectivity index (χ1n) is 6.29. The molecular formula is C15H18BNO2. The van der Waals surface area contributed by atoms with Gasteiger partial charge in [-0.3, -0.25) is 0 Å². The Morgan fingerprint density at radius 2 is 1.53 bits per heavy atom. The summed E-state index contributed by atoms with van der Waals surface area (Å²) < 4.78 is 0. The minimum atomic E-state index is -1.40. The topological polar surface area (TPSA) is 43.7 Å². The van der Waals surface area contributed by atoms with Crippen molar-refractivity contribution in [3.63, 3.8) is 0 Å². The molecule has 0 aliphatic rings. The summed E-state index contributed by atoms with van der Waals surface area (Å²) in [4.78, 5) is 2.16. The summed E-state index contributed by atoms with van der Waals surface area (Å²) in [6.07, 6.45) is 0. The van der Waals surface area contributed by atoms with E-state index in [9.17, 15) is 0 Å². The summed E-state index contributed by atoms with van der Waals surface area (Å²) in [6, 6.07) is 15.7. The van der Waals surface area contributed by atoms with E-state index in [0.29, 0.717) is 5.46 Å². The number of aryl methyl sites for hydroxylation is 1. The second kappa shape index (κ2) is 5.91. The predicted molar refractivity (Wildman–Crippen MR) is 79.6 cm³/mol. The van der Waals surface area contributed by atoms with E-state index in [4.69, 9.17) is 10.0 Å². The van der Waals surface area contributed by atoms with E-state index < -0.39 is 7.12 Å². The molecule has 4 heteroatoms. The first-order chi connectivity index (χ1) is 9.06. The average Bonchev–Trinajstić information content (AvgIpc) is 2.40. The molecule has 19 heavy (non-hydrogen) atoms. The fourth-order valence-electron chi connectivity index (χ4n) is 1.96. The van der Waals surface area contributed by atoms with Crippen LogP contribution in [0.1, 0.15) is 11.1 Å². The molecule has 0 aromatic heterocycles. The van der Waals surface area contributed by atoms with Crippen LogP contribution in [0, 0.1) is 6.92 Å². The zero-order valence-corrected chi connectivity index (χ0v) is 11.2. The second-order valence-corrected chi connectivity index (χ2v) is 4.81. The maximum absolute atomic E-state index is 9.05. The van der Waals surface area contributed by atoms with Gasteiger partial charge in [0.1, 0.15) is 0 Å². The van der Waals surface area contributed by atoms with Crippen LogP contribution in [0.15, 0.2) is 48.5 Å². The van der Waals surface area contributed by atoms with Crippen LogP contribution in [-0.4, -0.2) is 24.2 Å². The van der Waals surface area contributed by atoms with Crippen molar-refractivity contribution in [1.29, 1.82) is 0 Å². The molecule has 0 saturated carbocycles. The molecule has 2 N–H and O–H groups in total. The smallest absolute Gasteiger partial charge is 0.423 e. The van der Waals surface area contributed by atoms with Gasteiger partial charge in [-0.15, -0.1) is 0 Å². The summed E-state index contributed by atoms with van der Waals surface area (Å²) >= 11 is 0. The van der Waals surface area contributed by atoms with Crippen LogP contribution in [0.25, 0.3) is 0 Å². The minimum absolute atomic E-state index is 0.515. The summed E-state index contributed by atoms with van der Waals surface area (Å²) in [5, 5.41) is 18.1. The zero-order chi connectivity index (χ0) is 13.8. The van der Waals surface area contributed by atoms with Gasteiger partial charge in [-0.05, 0) is 30.1 Å². The third kappa shape index (κ3) is 3.59. The molecule has 3 nitrogen and oxygen atoms in total. The monoisotopic (exact) mass is 255 g/mol. The molecule has 0 radical (unpaired) electrons. The Bertz CT molecular complexity index is 523. The van der Waals surface area contributed by atoms with Gasteiger partial charge in [-0.25, -0.2) is 0 Å². The molecular weight excluding hydrogens is 237 g/mol. The van der Waals surface area contributed by atoms with E-state index in [1.165, 1.54) is 5.56 Å². The highest BCUT2D eigenvalue weighted by Crippen LogP contribution is 2.15. The van der Waals surface area contributed by atoms with Crippen molar-refractivity contribution >= 4 is 18.3 Å². The van der Waals surface area contributed by atoms with E-state index in [1.807, 2.05) is 19.2 Å². The van der Waals surface area contributed by atoms with Crippen molar-refractivity contribution < 1.29 is 10.0 Å². The van der Waals surface area contributed by atoms with Gasteiger partial charge in [0.2, 0.25) is 0 Å². The first kappa shape index (κ1) is 13.7. The SMILES string of the molecule is Cc1ccc(N(C)Cc2ccc(B(O)O)cc2)cc1. The summed E-state index contributed by atoms with van der Waals surface area (Å²) in [7, 11) is 0.642. The van der Waals surface area contributed by atoms with Crippen LogP contribution in [0.4, 0.5) is 5.69 Å². The highest BCUT2D eigenvalue weighted by molar-refractivity contribution is 6.58. The van der Waals surface area contributed by atoms with E-state index in [0.717, 1.165) is 17.8 Å². The Morgan fingerprint density at radius 3 is 2.05 bits per heavy atom. The van der Waals surface area contributed by atoms with Gasteiger partial charge < -0.3 is 14.9 Å². The number of nitrogens with zero attached hydrogens (tertiary/aromatic N) is 1. The number of benzene rings is 2. The zero-order valence-electron chi connectivity index (χ0n) is 11.2. The Kier molecular flexibility index (Phi) is 4.25.